The van der Waals surface area contributed by atoms with Crippen LogP contribution in [-0.2, 0) is 14.8 Å². The second-order valence-electron chi connectivity index (χ2n) is 8.29. The lowest BCUT2D eigenvalue weighted by Crippen LogP contribution is -2.43. The van der Waals surface area contributed by atoms with E-state index in [1.54, 1.807) is 38.1 Å². The smallest absolute Gasteiger partial charge is 0.248 e. The summed E-state index contributed by atoms with van der Waals surface area (Å²) in [6, 6.07) is 14.9. The van der Waals surface area contributed by atoms with Crippen LogP contribution in [-0.4, -0.2) is 36.9 Å². The van der Waals surface area contributed by atoms with E-state index < -0.39 is 15.9 Å². The summed E-state index contributed by atoms with van der Waals surface area (Å²) in [4.78, 5) is 13.0. The van der Waals surface area contributed by atoms with Gasteiger partial charge in [-0.3, -0.25) is 4.79 Å². The Balaban J connectivity index is 1.40. The molecule has 0 bridgehead atoms. The zero-order valence-corrected chi connectivity index (χ0v) is 19.7. The molecule has 3 aromatic rings. The molecule has 1 amide bonds. The van der Waals surface area contributed by atoms with Crippen molar-refractivity contribution < 1.29 is 22.5 Å². The maximum Gasteiger partial charge on any atom is 0.248 e. The van der Waals surface area contributed by atoms with E-state index in [-0.39, 0.29) is 23.1 Å². The second kappa shape index (κ2) is 9.36. The van der Waals surface area contributed by atoms with E-state index in [0.717, 1.165) is 11.3 Å². The van der Waals surface area contributed by atoms with Crippen molar-refractivity contribution in [3.05, 3.63) is 65.5 Å². The molecule has 1 aliphatic heterocycles. The molecule has 2 heterocycles. The molecule has 0 unspecified atom stereocenters. The predicted molar refractivity (Wildman–Crippen MR) is 124 cm³/mol. The SMILES string of the molecule is Cc1cccc(Oc2ccc(NC(=O)[C@H]3CCCN(S(=O)(=O)c4c(C)noc4C)C3)cc2)c1. The summed E-state index contributed by atoms with van der Waals surface area (Å²) in [6.45, 7) is 5.66. The van der Waals surface area contributed by atoms with Crippen LogP contribution in [0.25, 0.3) is 0 Å². The zero-order valence-electron chi connectivity index (χ0n) is 18.9. The minimum atomic E-state index is -3.78. The van der Waals surface area contributed by atoms with Gasteiger partial charge in [-0.2, -0.15) is 4.31 Å². The van der Waals surface area contributed by atoms with E-state index in [1.807, 2.05) is 31.2 Å². The Kier molecular flexibility index (Phi) is 6.53. The minimum absolute atomic E-state index is 0.0905. The Morgan fingerprint density at radius 1 is 1.12 bits per heavy atom. The third-order valence-corrected chi connectivity index (χ3v) is 7.78. The fourth-order valence-corrected chi connectivity index (χ4v) is 5.83. The normalized spacial score (nSPS) is 17.0. The first-order valence-corrected chi connectivity index (χ1v) is 12.3. The molecule has 0 radical (unpaired) electrons. The van der Waals surface area contributed by atoms with E-state index in [9.17, 15) is 13.2 Å². The Hall–Kier alpha value is -3.17. The van der Waals surface area contributed by atoms with E-state index >= 15 is 0 Å². The molecule has 2 aromatic carbocycles. The number of rotatable bonds is 6. The topological polar surface area (TPSA) is 102 Å². The van der Waals surface area contributed by atoms with Crippen molar-refractivity contribution >= 4 is 21.6 Å². The van der Waals surface area contributed by atoms with Gasteiger partial charge >= 0.3 is 0 Å². The van der Waals surface area contributed by atoms with Crippen molar-refractivity contribution in [3.8, 4) is 11.5 Å². The zero-order chi connectivity index (χ0) is 23.6. The average Bonchev–Trinajstić information content (AvgIpc) is 3.14. The van der Waals surface area contributed by atoms with Gasteiger partial charge in [0.1, 0.15) is 22.1 Å². The molecule has 9 heteroatoms. The predicted octanol–water partition coefficient (Wildman–Crippen LogP) is 4.43. The molecule has 1 fully saturated rings. The summed E-state index contributed by atoms with van der Waals surface area (Å²) in [5.41, 5.74) is 2.06. The van der Waals surface area contributed by atoms with Crippen molar-refractivity contribution in [2.75, 3.05) is 18.4 Å². The van der Waals surface area contributed by atoms with Gasteiger partial charge < -0.3 is 14.6 Å². The highest BCUT2D eigenvalue weighted by atomic mass is 32.2. The molecule has 1 saturated heterocycles. The van der Waals surface area contributed by atoms with Crippen LogP contribution >= 0.6 is 0 Å². The number of anilines is 1. The number of carbonyl (C=O) groups excluding carboxylic acids is 1. The third-order valence-electron chi connectivity index (χ3n) is 5.67. The summed E-state index contributed by atoms with van der Waals surface area (Å²) in [6.07, 6.45) is 1.22. The van der Waals surface area contributed by atoms with Crippen molar-refractivity contribution in [1.82, 2.24) is 9.46 Å². The van der Waals surface area contributed by atoms with Gasteiger partial charge in [0.2, 0.25) is 15.9 Å². The molecule has 1 aromatic heterocycles. The fourth-order valence-electron chi connectivity index (χ4n) is 4.01. The molecule has 8 nitrogen and oxygen atoms in total. The average molecular weight is 470 g/mol. The largest absolute Gasteiger partial charge is 0.457 e. The van der Waals surface area contributed by atoms with Crippen LogP contribution in [0.4, 0.5) is 5.69 Å². The van der Waals surface area contributed by atoms with Crippen LogP contribution in [0.1, 0.15) is 29.9 Å². The first-order valence-electron chi connectivity index (χ1n) is 10.8. The molecule has 1 atom stereocenters. The molecule has 174 valence electrons. The quantitative estimate of drug-likeness (QED) is 0.573. The van der Waals surface area contributed by atoms with Crippen molar-refractivity contribution in [3.63, 3.8) is 0 Å². The third kappa shape index (κ3) is 5.09. The van der Waals surface area contributed by atoms with Gasteiger partial charge in [-0.15, -0.1) is 0 Å². The molecule has 0 spiro atoms. The first-order chi connectivity index (χ1) is 15.7. The number of aromatic nitrogens is 1. The Bertz CT molecular complexity index is 1230. The van der Waals surface area contributed by atoms with Gasteiger partial charge in [-0.1, -0.05) is 17.3 Å². The van der Waals surface area contributed by atoms with Crippen molar-refractivity contribution in [2.24, 2.45) is 5.92 Å². The molecular weight excluding hydrogens is 442 g/mol. The summed E-state index contributed by atoms with van der Waals surface area (Å²) >= 11 is 0. The Labute approximate surface area is 193 Å². The first kappa shape index (κ1) is 23.0. The second-order valence-corrected chi connectivity index (χ2v) is 10.2. The lowest BCUT2D eigenvalue weighted by Gasteiger charge is -2.31. The number of hydrogen-bond acceptors (Lipinski definition) is 6. The van der Waals surface area contributed by atoms with E-state index in [0.29, 0.717) is 36.5 Å². The van der Waals surface area contributed by atoms with Crippen molar-refractivity contribution in [1.29, 1.82) is 0 Å². The summed E-state index contributed by atoms with van der Waals surface area (Å²) in [5, 5.41) is 6.65. The molecule has 1 aliphatic rings. The van der Waals surface area contributed by atoms with E-state index in [1.165, 1.54) is 4.31 Å². The molecule has 1 N–H and O–H groups in total. The fraction of sp³-hybridized carbons (Fsp3) is 0.333. The Morgan fingerprint density at radius 2 is 1.88 bits per heavy atom. The molecule has 0 saturated carbocycles. The standard InChI is InChI=1S/C24H27N3O5S/c1-16-6-4-8-22(14-16)31-21-11-9-20(10-12-21)25-24(28)19-7-5-13-27(15-19)33(29,30)23-17(2)26-32-18(23)3/h4,6,8-12,14,19H,5,7,13,15H2,1-3H3,(H,25,28)/t19-/m0/s1. The highest BCUT2D eigenvalue weighted by Crippen LogP contribution is 2.29. The van der Waals surface area contributed by atoms with Gasteiger partial charge in [-0.25, -0.2) is 8.42 Å². The van der Waals surface area contributed by atoms with Crippen LogP contribution in [0.5, 0.6) is 11.5 Å². The summed E-state index contributed by atoms with van der Waals surface area (Å²) < 4.78 is 38.4. The van der Waals surface area contributed by atoms with E-state index in [2.05, 4.69) is 10.5 Å². The highest BCUT2D eigenvalue weighted by Gasteiger charge is 2.36. The number of nitrogens with one attached hydrogen (secondary N) is 1. The number of carbonyl (C=O) groups is 1. The number of piperidine rings is 1. The van der Waals surface area contributed by atoms with Crippen LogP contribution in [0.15, 0.2) is 57.9 Å². The van der Waals surface area contributed by atoms with Gasteiger partial charge in [0.25, 0.3) is 0 Å². The van der Waals surface area contributed by atoms with E-state index in [4.69, 9.17) is 9.26 Å². The van der Waals surface area contributed by atoms with Crippen molar-refractivity contribution in [2.45, 2.75) is 38.5 Å². The maximum atomic E-state index is 13.1. The monoisotopic (exact) mass is 469 g/mol. The van der Waals surface area contributed by atoms with Crippen LogP contribution in [0.2, 0.25) is 0 Å². The number of ether oxygens (including phenoxy) is 1. The number of aryl methyl sites for hydroxylation is 3. The minimum Gasteiger partial charge on any atom is -0.457 e. The number of nitrogens with zero attached hydrogens (tertiary/aromatic N) is 2. The van der Waals surface area contributed by atoms with Gasteiger partial charge in [-0.05, 0) is 75.6 Å². The summed E-state index contributed by atoms with van der Waals surface area (Å²) in [7, 11) is -3.78. The van der Waals surface area contributed by atoms with Crippen LogP contribution < -0.4 is 10.1 Å². The lowest BCUT2D eigenvalue weighted by atomic mass is 9.99. The summed E-state index contributed by atoms with van der Waals surface area (Å²) in [5.74, 6) is 1.01. The van der Waals surface area contributed by atoms with Gasteiger partial charge in [0.15, 0.2) is 5.76 Å². The molecule has 0 aliphatic carbocycles. The maximum absolute atomic E-state index is 13.1. The number of hydrogen-bond donors (Lipinski definition) is 1. The molecule has 4 rings (SSSR count). The molecular formula is C24H27N3O5S. The lowest BCUT2D eigenvalue weighted by molar-refractivity contribution is -0.120. The molecule has 33 heavy (non-hydrogen) atoms. The van der Waals surface area contributed by atoms with Gasteiger partial charge in [0, 0.05) is 18.8 Å². The van der Waals surface area contributed by atoms with Gasteiger partial charge in [0.05, 0.1) is 5.92 Å². The van der Waals surface area contributed by atoms with Crippen LogP contribution in [0.3, 0.4) is 0 Å². The highest BCUT2D eigenvalue weighted by molar-refractivity contribution is 7.89. The number of amides is 1. The number of benzene rings is 2. The number of sulfonamides is 1. The van der Waals surface area contributed by atoms with Crippen LogP contribution in [0, 0.1) is 26.7 Å². The Morgan fingerprint density at radius 3 is 2.55 bits per heavy atom.